The molecule has 0 aliphatic carbocycles. The predicted octanol–water partition coefficient (Wildman–Crippen LogP) is 5.83. The van der Waals surface area contributed by atoms with E-state index in [0.29, 0.717) is 0 Å². The fourth-order valence-corrected chi connectivity index (χ4v) is 2.76. The maximum Gasteiger partial charge on any atom is 0.0880 e. The summed E-state index contributed by atoms with van der Waals surface area (Å²) in [6.07, 6.45) is 0.818. The maximum absolute atomic E-state index is 6.23. The number of hydrogen-bond acceptors (Lipinski definition) is 2. The Bertz CT molecular complexity index is 602. The van der Waals surface area contributed by atoms with E-state index in [1.807, 2.05) is 43.0 Å². The zero-order valence-corrected chi connectivity index (χ0v) is 15.5. The highest BCUT2D eigenvalue weighted by molar-refractivity contribution is 5.21. The summed E-state index contributed by atoms with van der Waals surface area (Å²) >= 11 is 0. The molecule has 2 nitrogen and oxygen atoms in total. The first-order valence-electron chi connectivity index (χ1n) is 8.59. The lowest BCUT2D eigenvalue weighted by Gasteiger charge is -2.31. The smallest absolute Gasteiger partial charge is 0.0880 e. The van der Waals surface area contributed by atoms with Gasteiger partial charge in [-0.25, -0.2) is 0 Å². The zero-order chi connectivity index (χ0) is 17.6. The van der Waals surface area contributed by atoms with Crippen LogP contribution in [0.2, 0.25) is 0 Å². The van der Waals surface area contributed by atoms with Crippen LogP contribution in [-0.2, 0) is 20.7 Å². The summed E-state index contributed by atoms with van der Waals surface area (Å²) in [6.45, 7) is 12.3. The lowest BCUT2D eigenvalue weighted by Crippen LogP contribution is -2.28. The van der Waals surface area contributed by atoms with Crippen molar-refractivity contribution in [3.8, 4) is 0 Å². The third kappa shape index (κ3) is 5.19. The molecule has 0 aliphatic heterocycles. The Morgan fingerprint density at radius 1 is 0.792 bits per heavy atom. The molecule has 24 heavy (non-hydrogen) atoms. The molecule has 0 fully saturated rings. The number of ether oxygens (including phenoxy) is 2. The minimum absolute atomic E-state index is 0.0757. The molecule has 129 valence electrons. The van der Waals surface area contributed by atoms with Crippen molar-refractivity contribution in [3.05, 3.63) is 78.4 Å². The van der Waals surface area contributed by atoms with Crippen molar-refractivity contribution in [3.63, 3.8) is 0 Å². The minimum Gasteiger partial charge on any atom is -0.368 e. The highest BCUT2D eigenvalue weighted by Gasteiger charge is 2.25. The second-order valence-electron chi connectivity index (χ2n) is 7.20. The van der Waals surface area contributed by atoms with Gasteiger partial charge >= 0.3 is 0 Å². The Hall–Kier alpha value is -1.64. The standard InChI is InChI=1S/C22H29O2/c1-18(24-22(4,5)20-14-10-7-11-15-20)16-17-23-21(2,3)19-12-8-6-9-13-19/h6-15,17-18H,16H2,1-5H3. The first-order chi connectivity index (χ1) is 11.3. The van der Waals surface area contributed by atoms with Gasteiger partial charge in [0.25, 0.3) is 0 Å². The summed E-state index contributed by atoms with van der Waals surface area (Å²) in [4.78, 5) is 0. The first-order valence-corrected chi connectivity index (χ1v) is 8.59. The van der Waals surface area contributed by atoms with E-state index in [9.17, 15) is 0 Å². The Kier molecular flexibility index (Phi) is 6.20. The Balaban J connectivity index is 1.84. The topological polar surface area (TPSA) is 18.5 Å². The van der Waals surface area contributed by atoms with Gasteiger partial charge in [0.2, 0.25) is 0 Å². The van der Waals surface area contributed by atoms with E-state index in [-0.39, 0.29) is 17.3 Å². The van der Waals surface area contributed by atoms with Crippen LogP contribution in [0.5, 0.6) is 0 Å². The average Bonchev–Trinajstić information content (AvgIpc) is 2.56. The largest absolute Gasteiger partial charge is 0.368 e. The van der Waals surface area contributed by atoms with Gasteiger partial charge in [-0.1, -0.05) is 60.7 Å². The van der Waals surface area contributed by atoms with E-state index in [1.165, 1.54) is 11.1 Å². The second-order valence-corrected chi connectivity index (χ2v) is 7.20. The molecule has 0 N–H and O–H groups in total. The van der Waals surface area contributed by atoms with E-state index in [2.05, 4.69) is 58.9 Å². The summed E-state index contributed by atoms with van der Waals surface area (Å²) in [6, 6.07) is 20.6. The molecule has 0 saturated heterocycles. The van der Waals surface area contributed by atoms with E-state index < -0.39 is 0 Å². The van der Waals surface area contributed by atoms with Crippen LogP contribution in [-0.4, -0.2) is 6.10 Å². The summed E-state index contributed by atoms with van der Waals surface area (Å²) in [5.41, 5.74) is 1.70. The van der Waals surface area contributed by atoms with Crippen LogP contribution in [0.15, 0.2) is 60.7 Å². The minimum atomic E-state index is -0.337. The van der Waals surface area contributed by atoms with Crippen LogP contribution in [0.1, 0.15) is 52.2 Å². The Labute approximate surface area is 146 Å². The van der Waals surface area contributed by atoms with Crippen molar-refractivity contribution in [2.24, 2.45) is 0 Å². The van der Waals surface area contributed by atoms with Crippen molar-refractivity contribution < 1.29 is 9.47 Å². The van der Waals surface area contributed by atoms with Gasteiger partial charge < -0.3 is 9.47 Å². The molecule has 1 radical (unpaired) electrons. The number of rotatable bonds is 8. The normalized spacial score (nSPS) is 13.7. The van der Waals surface area contributed by atoms with Gasteiger partial charge in [-0.05, 0) is 45.7 Å². The molecule has 2 rings (SSSR count). The number of hydrogen-bond donors (Lipinski definition) is 0. The molecule has 1 unspecified atom stereocenters. The van der Waals surface area contributed by atoms with Crippen molar-refractivity contribution in [2.75, 3.05) is 0 Å². The van der Waals surface area contributed by atoms with E-state index in [0.717, 1.165) is 6.42 Å². The fraction of sp³-hybridized carbons (Fsp3) is 0.409. The summed E-state index contributed by atoms with van der Waals surface area (Å²) in [5, 5.41) is 0. The van der Waals surface area contributed by atoms with Crippen molar-refractivity contribution in [2.45, 2.75) is 58.3 Å². The molecule has 2 aromatic rings. The molecule has 0 spiro atoms. The molecule has 1 atom stereocenters. The zero-order valence-electron chi connectivity index (χ0n) is 15.5. The van der Waals surface area contributed by atoms with E-state index >= 15 is 0 Å². The Morgan fingerprint density at radius 2 is 1.25 bits per heavy atom. The number of benzene rings is 2. The van der Waals surface area contributed by atoms with Gasteiger partial charge in [-0.3, -0.25) is 0 Å². The van der Waals surface area contributed by atoms with E-state index in [1.54, 1.807) is 0 Å². The monoisotopic (exact) mass is 325 g/mol. The molecular formula is C22H29O2. The van der Waals surface area contributed by atoms with Gasteiger partial charge in [0, 0.05) is 6.42 Å². The summed E-state index contributed by atoms with van der Waals surface area (Å²) < 4.78 is 12.2. The Morgan fingerprint density at radius 3 is 1.75 bits per heavy atom. The molecule has 2 aromatic carbocycles. The maximum atomic E-state index is 6.23. The van der Waals surface area contributed by atoms with Crippen molar-refractivity contribution >= 4 is 0 Å². The molecule has 0 aromatic heterocycles. The highest BCUT2D eigenvalue weighted by atomic mass is 16.5. The average molecular weight is 325 g/mol. The van der Waals surface area contributed by atoms with Crippen LogP contribution < -0.4 is 0 Å². The van der Waals surface area contributed by atoms with Crippen LogP contribution >= 0.6 is 0 Å². The van der Waals surface area contributed by atoms with Crippen molar-refractivity contribution in [1.82, 2.24) is 0 Å². The molecule has 2 heteroatoms. The quantitative estimate of drug-likeness (QED) is 0.608. The van der Waals surface area contributed by atoms with Crippen LogP contribution in [0, 0.1) is 6.61 Å². The van der Waals surface area contributed by atoms with E-state index in [4.69, 9.17) is 9.47 Å². The molecule has 0 aliphatic rings. The van der Waals surface area contributed by atoms with Crippen molar-refractivity contribution in [1.29, 1.82) is 0 Å². The lowest BCUT2D eigenvalue weighted by atomic mass is 9.97. The molecule has 0 bridgehead atoms. The molecule has 0 saturated carbocycles. The molecular weight excluding hydrogens is 296 g/mol. The van der Waals surface area contributed by atoms with Gasteiger partial charge in [0.1, 0.15) is 0 Å². The van der Waals surface area contributed by atoms with Gasteiger partial charge in [-0.2, -0.15) is 0 Å². The summed E-state index contributed by atoms with van der Waals surface area (Å²) in [7, 11) is 0. The molecule has 0 heterocycles. The fourth-order valence-electron chi connectivity index (χ4n) is 2.76. The third-order valence-electron chi connectivity index (χ3n) is 4.24. The van der Waals surface area contributed by atoms with Gasteiger partial charge in [-0.15, -0.1) is 0 Å². The predicted molar refractivity (Wildman–Crippen MR) is 99.5 cm³/mol. The first kappa shape index (κ1) is 18.7. The summed E-state index contributed by atoms with van der Waals surface area (Å²) in [5.74, 6) is 0. The lowest BCUT2D eigenvalue weighted by molar-refractivity contribution is -0.0793. The van der Waals surface area contributed by atoms with Crippen LogP contribution in [0.4, 0.5) is 0 Å². The third-order valence-corrected chi connectivity index (χ3v) is 4.24. The van der Waals surface area contributed by atoms with Crippen LogP contribution in [0.25, 0.3) is 0 Å². The van der Waals surface area contributed by atoms with Gasteiger partial charge in [0.05, 0.1) is 23.9 Å². The highest BCUT2D eigenvalue weighted by Crippen LogP contribution is 2.29. The SMILES string of the molecule is CC(C[CH]OC(C)(C)c1ccccc1)OC(C)(C)c1ccccc1. The molecule has 0 amide bonds. The van der Waals surface area contributed by atoms with Gasteiger partial charge in [0.15, 0.2) is 0 Å². The van der Waals surface area contributed by atoms with Crippen LogP contribution in [0.3, 0.4) is 0 Å². The second kappa shape index (κ2) is 7.96.